The van der Waals surface area contributed by atoms with Crippen LogP contribution in [0.15, 0.2) is 60.7 Å². The van der Waals surface area contributed by atoms with Crippen LogP contribution in [0.1, 0.15) is 11.1 Å². The van der Waals surface area contributed by atoms with Gasteiger partial charge < -0.3 is 0 Å². The van der Waals surface area contributed by atoms with Gasteiger partial charge in [-0.1, -0.05) is 60.7 Å². The van der Waals surface area contributed by atoms with Crippen LogP contribution < -0.4 is 0 Å². The van der Waals surface area contributed by atoms with E-state index < -0.39 is 0 Å². The average molecular weight is 240 g/mol. The molecule has 0 atom stereocenters. The molecule has 0 aliphatic rings. The Morgan fingerprint density at radius 3 is 1.28 bits per heavy atom. The minimum absolute atomic E-state index is 0.935. The highest BCUT2D eigenvalue weighted by molar-refractivity contribution is 5.15. The smallest absolute Gasteiger partial charge is 0.0381 e. The molecule has 0 fully saturated rings. The van der Waals surface area contributed by atoms with Crippen molar-refractivity contribution in [3.8, 4) is 0 Å². The van der Waals surface area contributed by atoms with Crippen LogP contribution in [0.25, 0.3) is 0 Å². The molecule has 0 saturated heterocycles. The first-order valence-electron chi connectivity index (χ1n) is 6.26. The fraction of sp³-hybridized carbons (Fsp3) is 0.250. The van der Waals surface area contributed by atoms with E-state index in [9.17, 15) is 0 Å². The third-order valence-electron chi connectivity index (χ3n) is 3.09. The molecule has 0 aliphatic carbocycles. The molecule has 0 bridgehead atoms. The van der Waals surface area contributed by atoms with Crippen LogP contribution >= 0.6 is 0 Å². The van der Waals surface area contributed by atoms with Crippen LogP contribution in [-0.2, 0) is 13.1 Å². The van der Waals surface area contributed by atoms with Crippen LogP contribution in [0.3, 0.4) is 0 Å². The Kier molecular flexibility index (Phi) is 4.51. The molecule has 2 rings (SSSR count). The van der Waals surface area contributed by atoms with E-state index in [0.29, 0.717) is 0 Å². The number of rotatable bonds is 5. The van der Waals surface area contributed by atoms with Gasteiger partial charge in [-0.2, -0.15) is 0 Å². The van der Waals surface area contributed by atoms with Crippen molar-refractivity contribution in [3.63, 3.8) is 0 Å². The predicted molar refractivity (Wildman–Crippen MR) is 75.8 cm³/mol. The van der Waals surface area contributed by atoms with Crippen molar-refractivity contribution >= 4 is 0 Å². The highest BCUT2D eigenvalue weighted by atomic mass is 15.6. The lowest BCUT2D eigenvalue weighted by atomic mass is 10.2. The lowest BCUT2D eigenvalue weighted by Gasteiger charge is -2.28. The average Bonchev–Trinajstić information content (AvgIpc) is 2.41. The first-order valence-corrected chi connectivity index (χ1v) is 6.26. The standard InChI is InChI=1S/C16H20N2/c1-17(13-15-9-5-3-6-10-15)18(2)14-16-11-7-4-8-12-16/h3-12H,13-14H2,1-2H3. The van der Waals surface area contributed by atoms with Gasteiger partial charge in [-0.15, -0.1) is 0 Å². The predicted octanol–water partition coefficient (Wildman–Crippen LogP) is 3.17. The van der Waals surface area contributed by atoms with Crippen molar-refractivity contribution in [2.75, 3.05) is 14.1 Å². The molecule has 2 aromatic rings. The second-order valence-corrected chi connectivity index (χ2v) is 4.60. The maximum Gasteiger partial charge on any atom is 0.0381 e. The van der Waals surface area contributed by atoms with Crippen LogP contribution in [-0.4, -0.2) is 24.1 Å². The molecule has 2 nitrogen and oxygen atoms in total. The topological polar surface area (TPSA) is 6.48 Å². The monoisotopic (exact) mass is 240 g/mol. The van der Waals surface area contributed by atoms with E-state index >= 15 is 0 Å². The Labute approximate surface area is 109 Å². The van der Waals surface area contributed by atoms with Crippen molar-refractivity contribution in [1.82, 2.24) is 10.0 Å². The third-order valence-corrected chi connectivity index (χ3v) is 3.09. The first kappa shape index (κ1) is 12.8. The molecule has 0 aliphatic heterocycles. The van der Waals surface area contributed by atoms with Gasteiger partial charge in [0, 0.05) is 27.2 Å². The van der Waals surface area contributed by atoms with E-state index in [2.05, 4.69) is 84.8 Å². The van der Waals surface area contributed by atoms with Crippen molar-refractivity contribution in [2.45, 2.75) is 13.1 Å². The molecule has 18 heavy (non-hydrogen) atoms. The SMILES string of the molecule is CN(Cc1ccccc1)N(C)Cc1ccccc1. The van der Waals surface area contributed by atoms with Crippen molar-refractivity contribution in [2.24, 2.45) is 0 Å². The summed E-state index contributed by atoms with van der Waals surface area (Å²) >= 11 is 0. The Morgan fingerprint density at radius 1 is 0.611 bits per heavy atom. The van der Waals surface area contributed by atoms with E-state index in [4.69, 9.17) is 0 Å². The van der Waals surface area contributed by atoms with Crippen molar-refractivity contribution in [3.05, 3.63) is 71.8 Å². The molecule has 0 amide bonds. The molecule has 0 radical (unpaired) electrons. The van der Waals surface area contributed by atoms with Gasteiger partial charge in [0.1, 0.15) is 0 Å². The lowest BCUT2D eigenvalue weighted by Crippen LogP contribution is -2.35. The quantitative estimate of drug-likeness (QED) is 0.741. The number of hydrogen-bond acceptors (Lipinski definition) is 2. The summed E-state index contributed by atoms with van der Waals surface area (Å²) in [5.74, 6) is 0. The van der Waals surface area contributed by atoms with Crippen LogP contribution in [0.5, 0.6) is 0 Å². The number of benzene rings is 2. The molecule has 0 unspecified atom stereocenters. The second-order valence-electron chi connectivity index (χ2n) is 4.60. The number of nitrogens with zero attached hydrogens (tertiary/aromatic N) is 2. The van der Waals surface area contributed by atoms with E-state index in [1.807, 2.05) is 0 Å². The number of hydrogen-bond donors (Lipinski definition) is 0. The highest BCUT2D eigenvalue weighted by Crippen LogP contribution is 2.08. The summed E-state index contributed by atoms with van der Waals surface area (Å²) in [5.41, 5.74) is 2.67. The van der Waals surface area contributed by atoms with Crippen LogP contribution in [0.4, 0.5) is 0 Å². The van der Waals surface area contributed by atoms with Gasteiger partial charge in [0.05, 0.1) is 0 Å². The zero-order chi connectivity index (χ0) is 12.8. The molecule has 0 spiro atoms. The van der Waals surface area contributed by atoms with Gasteiger partial charge in [-0.3, -0.25) is 0 Å². The Bertz CT molecular complexity index is 408. The second kappa shape index (κ2) is 6.34. The van der Waals surface area contributed by atoms with E-state index in [-0.39, 0.29) is 0 Å². The summed E-state index contributed by atoms with van der Waals surface area (Å²) in [5, 5.41) is 4.48. The Balaban J connectivity index is 1.91. The van der Waals surface area contributed by atoms with Crippen molar-refractivity contribution < 1.29 is 0 Å². The Hall–Kier alpha value is -1.64. The summed E-state index contributed by atoms with van der Waals surface area (Å²) in [4.78, 5) is 0. The molecule has 2 heteroatoms. The largest absolute Gasteiger partial charge is 0.240 e. The summed E-state index contributed by atoms with van der Waals surface area (Å²) in [6, 6.07) is 21.1. The summed E-state index contributed by atoms with van der Waals surface area (Å²) < 4.78 is 0. The molecule has 94 valence electrons. The van der Waals surface area contributed by atoms with Gasteiger partial charge >= 0.3 is 0 Å². The van der Waals surface area contributed by atoms with E-state index in [0.717, 1.165) is 13.1 Å². The van der Waals surface area contributed by atoms with Gasteiger partial charge in [-0.25, -0.2) is 10.0 Å². The maximum atomic E-state index is 2.24. The van der Waals surface area contributed by atoms with Gasteiger partial charge in [-0.05, 0) is 11.1 Å². The van der Waals surface area contributed by atoms with Gasteiger partial charge in [0.15, 0.2) is 0 Å². The summed E-state index contributed by atoms with van der Waals surface area (Å²) in [6.07, 6.45) is 0. The Morgan fingerprint density at radius 2 is 0.944 bits per heavy atom. The maximum absolute atomic E-state index is 2.24. The van der Waals surface area contributed by atoms with Crippen LogP contribution in [0.2, 0.25) is 0 Å². The molecule has 0 heterocycles. The third kappa shape index (κ3) is 3.69. The molecule has 0 saturated carbocycles. The van der Waals surface area contributed by atoms with Gasteiger partial charge in [0.25, 0.3) is 0 Å². The molecule has 0 N–H and O–H groups in total. The van der Waals surface area contributed by atoms with Gasteiger partial charge in [0.2, 0.25) is 0 Å². The molecular weight excluding hydrogens is 220 g/mol. The number of hydrazine groups is 1. The highest BCUT2D eigenvalue weighted by Gasteiger charge is 2.06. The van der Waals surface area contributed by atoms with Crippen molar-refractivity contribution in [1.29, 1.82) is 0 Å². The van der Waals surface area contributed by atoms with E-state index in [1.54, 1.807) is 0 Å². The minimum atomic E-state index is 0.935. The fourth-order valence-electron chi connectivity index (χ4n) is 1.94. The summed E-state index contributed by atoms with van der Waals surface area (Å²) in [7, 11) is 4.24. The zero-order valence-electron chi connectivity index (χ0n) is 11.1. The minimum Gasteiger partial charge on any atom is -0.240 e. The summed E-state index contributed by atoms with van der Waals surface area (Å²) in [6.45, 7) is 1.87. The first-order chi connectivity index (χ1) is 8.75. The normalized spacial score (nSPS) is 11.1. The van der Waals surface area contributed by atoms with Crippen LogP contribution in [0, 0.1) is 0 Å². The molecular formula is C16H20N2. The zero-order valence-corrected chi connectivity index (χ0v) is 11.1. The molecule has 2 aromatic carbocycles. The van der Waals surface area contributed by atoms with E-state index in [1.165, 1.54) is 11.1 Å². The molecule has 0 aromatic heterocycles. The lowest BCUT2D eigenvalue weighted by molar-refractivity contribution is 0.0109. The fourth-order valence-corrected chi connectivity index (χ4v) is 1.94.